The number of aromatic nitrogens is 1. The first kappa shape index (κ1) is 28.7. The molecular formula is C32H30ClN5O4S. The van der Waals surface area contributed by atoms with Gasteiger partial charge in [-0.2, -0.15) is 0 Å². The number of aryl methyl sites for hydroxylation is 1. The number of nitrogens with one attached hydrogen (secondary N) is 2. The number of para-hydroxylation sites is 1. The van der Waals surface area contributed by atoms with Crippen molar-refractivity contribution in [1.29, 1.82) is 0 Å². The van der Waals surface area contributed by atoms with Crippen LogP contribution in [0, 0.1) is 6.92 Å². The van der Waals surface area contributed by atoms with Crippen molar-refractivity contribution in [3.8, 4) is 11.5 Å². The molecule has 2 aliphatic heterocycles. The number of rotatable bonds is 6. The lowest BCUT2D eigenvalue weighted by Crippen LogP contribution is -2.49. The van der Waals surface area contributed by atoms with Crippen LogP contribution in [-0.2, 0) is 4.79 Å². The number of urea groups is 1. The van der Waals surface area contributed by atoms with E-state index in [1.54, 1.807) is 35.9 Å². The van der Waals surface area contributed by atoms with E-state index >= 15 is 0 Å². The second-order valence-corrected chi connectivity index (χ2v) is 12.2. The Labute approximate surface area is 258 Å². The second kappa shape index (κ2) is 11.7. The van der Waals surface area contributed by atoms with E-state index in [1.807, 2.05) is 55.5 Å². The third-order valence-corrected chi connectivity index (χ3v) is 9.15. The van der Waals surface area contributed by atoms with Gasteiger partial charge in [-0.1, -0.05) is 35.4 Å². The molecule has 9 nitrogen and oxygen atoms in total. The van der Waals surface area contributed by atoms with Gasteiger partial charge in [0.25, 0.3) is 11.8 Å². The van der Waals surface area contributed by atoms with E-state index in [0.717, 1.165) is 29.7 Å². The number of piperidine rings is 1. The Morgan fingerprint density at radius 1 is 1.09 bits per heavy atom. The molecule has 2 aromatic carbocycles. The van der Waals surface area contributed by atoms with Gasteiger partial charge in [0.05, 0.1) is 22.4 Å². The average Bonchev–Trinajstić information content (AvgIpc) is 3.37. The fraction of sp³-hybridized carbons (Fsp3) is 0.250. The molecule has 2 N–H and O–H groups in total. The number of likely N-dealkylation sites (tertiary alicyclic amines) is 1. The maximum Gasteiger partial charge on any atom is 0.331 e. The molecule has 2 aliphatic rings. The summed E-state index contributed by atoms with van der Waals surface area (Å²) < 4.78 is 5.97. The molecule has 4 amide bonds. The van der Waals surface area contributed by atoms with E-state index < -0.39 is 0 Å². The number of pyridine rings is 1. The number of amides is 4. The minimum absolute atomic E-state index is 0.209. The Morgan fingerprint density at radius 2 is 1.88 bits per heavy atom. The number of nitrogens with zero attached hydrogens (tertiary/aromatic N) is 3. The van der Waals surface area contributed by atoms with E-state index in [-0.39, 0.29) is 28.9 Å². The van der Waals surface area contributed by atoms with Crippen LogP contribution in [0.15, 0.2) is 71.4 Å². The number of hydrogen-bond acceptors (Lipinski definition) is 6. The average molecular weight is 616 g/mol. The van der Waals surface area contributed by atoms with E-state index in [9.17, 15) is 14.4 Å². The second-order valence-electron chi connectivity index (χ2n) is 10.8. The SMILES string of the molecule is CC(C)=C(Cl)C(=O)N1CCCC(NC(=O)c2sc3nccc4c3c2NC(=O)N4c2ccc(Oc3ccccc3)cc2C)C1. The Bertz CT molecular complexity index is 1780. The van der Waals surface area contributed by atoms with Gasteiger partial charge in [0, 0.05) is 25.3 Å². The molecule has 220 valence electrons. The molecule has 0 bridgehead atoms. The molecule has 1 unspecified atom stereocenters. The molecule has 11 heteroatoms. The third-order valence-electron chi connectivity index (χ3n) is 7.51. The van der Waals surface area contributed by atoms with Crippen molar-refractivity contribution in [2.24, 2.45) is 0 Å². The van der Waals surface area contributed by atoms with Crippen LogP contribution in [0.4, 0.5) is 21.9 Å². The fourth-order valence-corrected chi connectivity index (χ4v) is 6.58. The normalized spacial score (nSPS) is 16.1. The first-order chi connectivity index (χ1) is 20.7. The highest BCUT2D eigenvalue weighted by atomic mass is 35.5. The summed E-state index contributed by atoms with van der Waals surface area (Å²) in [5, 5.41) is 6.94. The molecule has 4 heterocycles. The summed E-state index contributed by atoms with van der Waals surface area (Å²) in [6.07, 6.45) is 3.12. The third kappa shape index (κ3) is 5.55. The Kier molecular flexibility index (Phi) is 7.81. The van der Waals surface area contributed by atoms with Crippen molar-refractivity contribution in [2.75, 3.05) is 23.3 Å². The molecule has 1 fully saturated rings. The molecular weight excluding hydrogens is 586 g/mol. The van der Waals surface area contributed by atoms with Gasteiger partial charge in [0.2, 0.25) is 0 Å². The van der Waals surface area contributed by atoms with Gasteiger partial charge in [-0.3, -0.25) is 14.5 Å². The van der Waals surface area contributed by atoms with Crippen LogP contribution in [0.5, 0.6) is 11.5 Å². The highest BCUT2D eigenvalue weighted by Gasteiger charge is 2.34. The van der Waals surface area contributed by atoms with Crippen LogP contribution >= 0.6 is 22.9 Å². The number of thiophene rings is 1. The summed E-state index contributed by atoms with van der Waals surface area (Å²) >= 11 is 7.45. The lowest BCUT2D eigenvalue weighted by molar-refractivity contribution is -0.127. The molecule has 43 heavy (non-hydrogen) atoms. The summed E-state index contributed by atoms with van der Waals surface area (Å²) in [6.45, 7) is 6.46. The van der Waals surface area contributed by atoms with Crippen molar-refractivity contribution in [2.45, 2.75) is 39.7 Å². The minimum atomic E-state index is -0.377. The van der Waals surface area contributed by atoms with E-state index in [0.29, 0.717) is 51.0 Å². The number of hydrogen-bond donors (Lipinski definition) is 2. The molecule has 1 saturated heterocycles. The Hall–Kier alpha value is -4.41. The predicted molar refractivity (Wildman–Crippen MR) is 170 cm³/mol. The van der Waals surface area contributed by atoms with Crippen LogP contribution in [0.1, 0.15) is 41.9 Å². The fourth-order valence-electron chi connectivity index (χ4n) is 5.43. The van der Waals surface area contributed by atoms with Gasteiger partial charge in [-0.15, -0.1) is 11.3 Å². The van der Waals surface area contributed by atoms with Crippen LogP contribution < -0.4 is 20.3 Å². The summed E-state index contributed by atoms with van der Waals surface area (Å²) in [4.78, 5) is 48.7. The van der Waals surface area contributed by atoms with E-state index in [2.05, 4.69) is 15.6 Å². The molecule has 1 atom stereocenters. The molecule has 2 aromatic heterocycles. The van der Waals surface area contributed by atoms with E-state index in [1.165, 1.54) is 11.3 Å². The summed E-state index contributed by atoms with van der Waals surface area (Å²) in [7, 11) is 0. The van der Waals surface area contributed by atoms with Crippen LogP contribution in [0.25, 0.3) is 10.2 Å². The quantitative estimate of drug-likeness (QED) is 0.221. The van der Waals surface area contributed by atoms with Crippen molar-refractivity contribution in [1.82, 2.24) is 15.2 Å². The number of carbonyl (C=O) groups is 3. The molecule has 0 aliphatic carbocycles. The highest BCUT2D eigenvalue weighted by Crippen LogP contribution is 2.46. The van der Waals surface area contributed by atoms with Gasteiger partial charge in [0.1, 0.15) is 26.2 Å². The minimum Gasteiger partial charge on any atom is -0.457 e. The van der Waals surface area contributed by atoms with Gasteiger partial charge in [-0.25, -0.2) is 9.78 Å². The number of allylic oxidation sites excluding steroid dienone is 1. The zero-order valence-electron chi connectivity index (χ0n) is 23.9. The first-order valence-corrected chi connectivity index (χ1v) is 15.2. The largest absolute Gasteiger partial charge is 0.457 e. The van der Waals surface area contributed by atoms with Crippen molar-refractivity contribution < 1.29 is 19.1 Å². The summed E-state index contributed by atoms with van der Waals surface area (Å²) in [6, 6.07) is 16.2. The summed E-state index contributed by atoms with van der Waals surface area (Å²) in [5.74, 6) is 0.836. The monoisotopic (exact) mass is 615 g/mol. The van der Waals surface area contributed by atoms with Gasteiger partial charge >= 0.3 is 6.03 Å². The van der Waals surface area contributed by atoms with Crippen LogP contribution in [0.2, 0.25) is 0 Å². The standard InChI is InChI=1S/C32H30ClN5O4S/c1-18(2)26(33)31(40)37-15-7-8-20(17-37)35-29(39)28-27-25-24(13-14-34-30(25)43-28)38(32(41)36-27)23-12-11-22(16-19(23)3)42-21-9-5-4-6-10-21/h4-6,9-14,16,20H,7-8,15,17H2,1-3H3,(H,35,39)(H,36,41). The number of carbonyl (C=O) groups excluding carboxylic acids is 3. The van der Waals surface area contributed by atoms with Crippen molar-refractivity contribution in [3.63, 3.8) is 0 Å². The number of anilines is 3. The topological polar surface area (TPSA) is 104 Å². The number of ether oxygens (including phenoxy) is 1. The van der Waals surface area contributed by atoms with Gasteiger partial charge in [-0.05, 0) is 75.6 Å². The van der Waals surface area contributed by atoms with Crippen LogP contribution in [0.3, 0.4) is 0 Å². The van der Waals surface area contributed by atoms with E-state index in [4.69, 9.17) is 16.3 Å². The van der Waals surface area contributed by atoms with Gasteiger partial charge < -0.3 is 20.3 Å². The smallest absolute Gasteiger partial charge is 0.331 e. The lowest BCUT2D eigenvalue weighted by Gasteiger charge is -2.33. The van der Waals surface area contributed by atoms with Crippen molar-refractivity contribution in [3.05, 3.63) is 81.8 Å². The maximum absolute atomic E-state index is 13.6. The molecule has 0 saturated carbocycles. The zero-order chi connectivity index (χ0) is 30.2. The molecule has 0 spiro atoms. The molecule has 0 radical (unpaired) electrons. The Balaban J connectivity index is 1.26. The lowest BCUT2D eigenvalue weighted by atomic mass is 10.0. The molecule has 4 aromatic rings. The molecule has 6 rings (SSSR count). The number of benzene rings is 2. The predicted octanol–water partition coefficient (Wildman–Crippen LogP) is 7.33. The van der Waals surface area contributed by atoms with Crippen molar-refractivity contribution >= 4 is 68.1 Å². The first-order valence-electron chi connectivity index (χ1n) is 14.0. The summed E-state index contributed by atoms with van der Waals surface area (Å²) in [5.41, 5.74) is 3.37. The number of halogens is 1. The maximum atomic E-state index is 13.6. The Morgan fingerprint density at radius 3 is 2.63 bits per heavy atom. The zero-order valence-corrected chi connectivity index (χ0v) is 25.5. The van der Waals surface area contributed by atoms with Gasteiger partial charge in [0.15, 0.2) is 0 Å². The highest BCUT2D eigenvalue weighted by molar-refractivity contribution is 7.21. The van der Waals surface area contributed by atoms with Crippen LogP contribution in [-0.4, -0.2) is 46.9 Å².